The molecule has 1 aromatic rings. The van der Waals surface area contributed by atoms with E-state index < -0.39 is 0 Å². The first-order chi connectivity index (χ1) is 8.19. The van der Waals surface area contributed by atoms with Crippen LogP contribution in [0.25, 0.3) is 0 Å². The highest BCUT2D eigenvalue weighted by Crippen LogP contribution is 2.23. The topological polar surface area (TPSA) is 21.3 Å². The summed E-state index contributed by atoms with van der Waals surface area (Å²) in [4.78, 5) is 0. The van der Waals surface area contributed by atoms with Crippen LogP contribution in [0.5, 0.6) is 0 Å². The van der Waals surface area contributed by atoms with Crippen molar-refractivity contribution in [2.24, 2.45) is 0 Å². The Kier molecular flexibility index (Phi) is 4.00. The Hall–Kier alpha value is -1.09. The first kappa shape index (κ1) is 12.4. The Morgan fingerprint density at radius 3 is 3.06 bits per heavy atom. The third-order valence-electron chi connectivity index (χ3n) is 3.30. The van der Waals surface area contributed by atoms with Gasteiger partial charge in [0, 0.05) is 12.6 Å². The number of nitrogens with one attached hydrogen (secondary N) is 1. The Balaban J connectivity index is 2.02. The zero-order valence-electron chi connectivity index (χ0n) is 10.5. The van der Waals surface area contributed by atoms with Crippen molar-refractivity contribution >= 4 is 5.69 Å². The predicted octanol–water partition coefficient (Wildman–Crippen LogP) is 3.50. The highest BCUT2D eigenvalue weighted by Gasteiger charge is 2.21. The fourth-order valence-electron chi connectivity index (χ4n) is 2.27. The van der Waals surface area contributed by atoms with Gasteiger partial charge in [0.05, 0.1) is 11.8 Å². The van der Waals surface area contributed by atoms with E-state index in [1.165, 1.54) is 6.07 Å². The molecule has 3 heteroatoms. The second-order valence-electron chi connectivity index (χ2n) is 4.75. The second-order valence-corrected chi connectivity index (χ2v) is 4.75. The fourth-order valence-corrected chi connectivity index (χ4v) is 2.27. The van der Waals surface area contributed by atoms with Crippen LogP contribution in [-0.4, -0.2) is 18.8 Å². The van der Waals surface area contributed by atoms with Crippen LogP contribution in [0.3, 0.4) is 0 Å². The Bertz CT molecular complexity index is 380. The summed E-state index contributed by atoms with van der Waals surface area (Å²) in [5.74, 6) is -0.171. The Labute approximate surface area is 102 Å². The number of aryl methyl sites for hydroxylation is 1. The molecule has 1 aliphatic heterocycles. The molecule has 0 amide bonds. The fraction of sp³-hybridized carbons (Fsp3) is 0.571. The molecule has 2 rings (SSSR count). The number of anilines is 1. The summed E-state index contributed by atoms with van der Waals surface area (Å²) >= 11 is 0. The molecule has 1 aromatic carbocycles. The van der Waals surface area contributed by atoms with Gasteiger partial charge in [-0.15, -0.1) is 0 Å². The van der Waals surface area contributed by atoms with Crippen LogP contribution in [0.1, 0.15) is 31.7 Å². The molecule has 1 fully saturated rings. The van der Waals surface area contributed by atoms with Crippen LogP contribution in [0, 0.1) is 12.7 Å². The molecule has 2 unspecified atom stereocenters. The van der Waals surface area contributed by atoms with E-state index in [9.17, 15) is 4.39 Å². The van der Waals surface area contributed by atoms with Gasteiger partial charge in [-0.1, -0.05) is 13.0 Å². The van der Waals surface area contributed by atoms with Crippen LogP contribution in [0.2, 0.25) is 0 Å². The molecule has 0 aromatic heterocycles. The Morgan fingerprint density at radius 2 is 2.29 bits per heavy atom. The molecule has 0 aliphatic carbocycles. The molecule has 2 nitrogen and oxygen atoms in total. The minimum atomic E-state index is -0.171. The lowest BCUT2D eigenvalue weighted by Crippen LogP contribution is -2.33. The molecular weight excluding hydrogens is 217 g/mol. The highest BCUT2D eigenvalue weighted by molar-refractivity contribution is 5.47. The van der Waals surface area contributed by atoms with E-state index in [2.05, 4.69) is 12.2 Å². The van der Waals surface area contributed by atoms with Crippen molar-refractivity contribution in [1.29, 1.82) is 0 Å². The van der Waals surface area contributed by atoms with Crippen molar-refractivity contribution < 1.29 is 9.13 Å². The minimum Gasteiger partial charge on any atom is -0.380 e. The molecule has 1 aliphatic rings. The molecule has 1 heterocycles. The maximum absolute atomic E-state index is 13.6. The van der Waals surface area contributed by atoms with Crippen molar-refractivity contribution in [2.75, 3.05) is 11.9 Å². The van der Waals surface area contributed by atoms with Gasteiger partial charge in [0.25, 0.3) is 0 Å². The maximum Gasteiger partial charge on any atom is 0.146 e. The zero-order chi connectivity index (χ0) is 12.3. The monoisotopic (exact) mass is 237 g/mol. The number of benzene rings is 1. The summed E-state index contributed by atoms with van der Waals surface area (Å²) in [7, 11) is 0. The van der Waals surface area contributed by atoms with Crippen molar-refractivity contribution in [1.82, 2.24) is 0 Å². The standard InChI is InChI=1S/C14H20FNO/c1-3-12-9-11(6-7-17-12)16-14-8-10(2)4-5-13(14)15/h4-5,8,11-12,16H,3,6-7,9H2,1-2H3. The molecule has 1 saturated heterocycles. The third kappa shape index (κ3) is 3.19. The molecule has 2 atom stereocenters. The first-order valence-electron chi connectivity index (χ1n) is 6.33. The summed E-state index contributed by atoms with van der Waals surface area (Å²) in [5.41, 5.74) is 1.69. The van der Waals surface area contributed by atoms with Crippen molar-refractivity contribution in [3.8, 4) is 0 Å². The number of hydrogen-bond donors (Lipinski definition) is 1. The minimum absolute atomic E-state index is 0.171. The van der Waals surface area contributed by atoms with E-state index in [1.807, 2.05) is 13.0 Å². The van der Waals surface area contributed by atoms with Gasteiger partial charge >= 0.3 is 0 Å². The van der Waals surface area contributed by atoms with Crippen LogP contribution < -0.4 is 5.32 Å². The molecule has 0 saturated carbocycles. The van der Waals surface area contributed by atoms with Crippen molar-refractivity contribution in [3.63, 3.8) is 0 Å². The van der Waals surface area contributed by atoms with Gasteiger partial charge in [0.15, 0.2) is 0 Å². The van der Waals surface area contributed by atoms with Gasteiger partial charge in [-0.3, -0.25) is 0 Å². The van der Waals surface area contributed by atoms with E-state index in [0.29, 0.717) is 17.8 Å². The lowest BCUT2D eigenvalue weighted by molar-refractivity contribution is 0.00921. The maximum atomic E-state index is 13.6. The molecule has 0 bridgehead atoms. The summed E-state index contributed by atoms with van der Waals surface area (Å²) in [6, 6.07) is 5.50. The van der Waals surface area contributed by atoms with Crippen molar-refractivity contribution in [2.45, 2.75) is 45.3 Å². The summed E-state index contributed by atoms with van der Waals surface area (Å²) in [5, 5.41) is 3.30. The lowest BCUT2D eigenvalue weighted by atomic mass is 10.0. The van der Waals surface area contributed by atoms with E-state index in [4.69, 9.17) is 4.74 Å². The van der Waals surface area contributed by atoms with Gasteiger partial charge in [-0.2, -0.15) is 0 Å². The van der Waals surface area contributed by atoms with Gasteiger partial charge < -0.3 is 10.1 Å². The largest absolute Gasteiger partial charge is 0.380 e. The summed E-state index contributed by atoms with van der Waals surface area (Å²) < 4.78 is 19.2. The molecule has 1 N–H and O–H groups in total. The summed E-state index contributed by atoms with van der Waals surface area (Å²) in [6.45, 7) is 4.87. The third-order valence-corrected chi connectivity index (χ3v) is 3.30. The van der Waals surface area contributed by atoms with Crippen LogP contribution in [0.4, 0.5) is 10.1 Å². The second kappa shape index (κ2) is 5.50. The first-order valence-corrected chi connectivity index (χ1v) is 6.33. The van der Waals surface area contributed by atoms with Gasteiger partial charge in [0.2, 0.25) is 0 Å². The predicted molar refractivity (Wildman–Crippen MR) is 67.8 cm³/mol. The molecule has 0 radical (unpaired) electrons. The van der Waals surface area contributed by atoms with Gasteiger partial charge in [0.1, 0.15) is 5.82 Å². The molecule has 0 spiro atoms. The SMILES string of the molecule is CCC1CC(Nc2cc(C)ccc2F)CCO1. The quantitative estimate of drug-likeness (QED) is 0.868. The smallest absolute Gasteiger partial charge is 0.146 e. The average Bonchev–Trinajstić information content (AvgIpc) is 2.34. The van der Waals surface area contributed by atoms with E-state index >= 15 is 0 Å². The van der Waals surface area contributed by atoms with Crippen molar-refractivity contribution in [3.05, 3.63) is 29.6 Å². The highest BCUT2D eigenvalue weighted by atomic mass is 19.1. The van der Waals surface area contributed by atoms with Crippen LogP contribution in [0.15, 0.2) is 18.2 Å². The number of rotatable bonds is 3. The Morgan fingerprint density at radius 1 is 1.47 bits per heavy atom. The van der Waals surface area contributed by atoms with Crippen LogP contribution in [-0.2, 0) is 4.74 Å². The molecule has 17 heavy (non-hydrogen) atoms. The molecular formula is C14H20FNO. The van der Waals surface area contributed by atoms with Crippen LogP contribution >= 0.6 is 0 Å². The number of ether oxygens (including phenoxy) is 1. The number of halogens is 1. The zero-order valence-corrected chi connectivity index (χ0v) is 10.5. The summed E-state index contributed by atoms with van der Waals surface area (Å²) in [6.07, 6.45) is 3.25. The van der Waals surface area contributed by atoms with Gasteiger partial charge in [-0.25, -0.2) is 4.39 Å². The average molecular weight is 237 g/mol. The van der Waals surface area contributed by atoms with E-state index in [0.717, 1.165) is 31.4 Å². The normalized spacial score (nSPS) is 24.6. The molecule has 94 valence electrons. The van der Waals surface area contributed by atoms with E-state index in [-0.39, 0.29) is 5.82 Å². The number of hydrogen-bond acceptors (Lipinski definition) is 2. The van der Waals surface area contributed by atoms with Gasteiger partial charge in [-0.05, 0) is 43.9 Å². The lowest BCUT2D eigenvalue weighted by Gasteiger charge is -2.30. The van der Waals surface area contributed by atoms with E-state index in [1.54, 1.807) is 6.07 Å².